The summed E-state index contributed by atoms with van der Waals surface area (Å²) >= 11 is 3.53. The Labute approximate surface area is 179 Å². The van der Waals surface area contributed by atoms with Gasteiger partial charge in [-0.2, -0.15) is 10.1 Å². The highest BCUT2D eigenvalue weighted by atomic mass is 79.9. The Balaban J connectivity index is 1.59. The highest BCUT2D eigenvalue weighted by Crippen LogP contribution is 2.52. The number of ether oxygens (including phenoxy) is 2. The molecule has 0 radical (unpaired) electrons. The molecule has 6 nitrogen and oxygen atoms in total. The molecule has 2 bridgehead atoms. The van der Waals surface area contributed by atoms with E-state index in [0.717, 1.165) is 15.9 Å². The molecule has 1 saturated heterocycles. The molecule has 2 aliphatic carbocycles. The standard InChI is InChI=1S/C22H25BrN2O4/c1-5-28-16-9-14(15(23)10-17(16)29-22(2,3)4)11-24-25-20(26)18-12-6-7-13(8-12)19(18)21(25)27/h6-7,9-13,18-19H,5,8H2,1-4H3/t12-,13-,18-,19+/m0/s1. The van der Waals surface area contributed by atoms with Crippen molar-refractivity contribution >= 4 is 34.0 Å². The number of amides is 2. The molecule has 4 rings (SSSR count). The van der Waals surface area contributed by atoms with Gasteiger partial charge >= 0.3 is 0 Å². The quantitative estimate of drug-likeness (QED) is 0.375. The number of hydrogen-bond acceptors (Lipinski definition) is 5. The minimum absolute atomic E-state index is 0.173. The van der Waals surface area contributed by atoms with Crippen molar-refractivity contribution in [3.63, 3.8) is 0 Å². The third-order valence-electron chi connectivity index (χ3n) is 5.54. The lowest BCUT2D eigenvalue weighted by molar-refractivity contribution is -0.140. The second-order valence-electron chi connectivity index (χ2n) is 8.70. The fraction of sp³-hybridized carbons (Fsp3) is 0.500. The molecule has 7 heteroatoms. The van der Waals surface area contributed by atoms with Gasteiger partial charge in [-0.25, -0.2) is 0 Å². The maximum absolute atomic E-state index is 12.8. The van der Waals surface area contributed by atoms with Gasteiger partial charge in [-0.05, 0) is 74.0 Å². The fourth-order valence-electron chi connectivity index (χ4n) is 4.45. The van der Waals surface area contributed by atoms with E-state index in [0.29, 0.717) is 23.7 Å². The van der Waals surface area contributed by atoms with Crippen LogP contribution in [0.3, 0.4) is 0 Å². The van der Waals surface area contributed by atoms with Crippen molar-refractivity contribution in [2.24, 2.45) is 28.8 Å². The van der Waals surface area contributed by atoms with Crippen LogP contribution in [0.25, 0.3) is 0 Å². The summed E-state index contributed by atoms with van der Waals surface area (Å²) in [5.41, 5.74) is 0.328. The minimum Gasteiger partial charge on any atom is -0.490 e. The molecular formula is C22H25BrN2O4. The molecule has 1 saturated carbocycles. The van der Waals surface area contributed by atoms with Crippen LogP contribution in [0.4, 0.5) is 0 Å². The second-order valence-corrected chi connectivity index (χ2v) is 9.55. The van der Waals surface area contributed by atoms with E-state index in [9.17, 15) is 9.59 Å². The number of carbonyl (C=O) groups is 2. The SMILES string of the molecule is CCOc1cc(C=NN2C(=O)[C@@H]3[C@H](C2=O)[C@H]2C=C[C@H]3C2)c(Br)cc1OC(C)(C)C. The zero-order chi connectivity index (χ0) is 20.9. The van der Waals surface area contributed by atoms with E-state index in [2.05, 4.69) is 33.2 Å². The Kier molecular flexibility index (Phi) is 5.05. The Morgan fingerprint density at radius 1 is 1.14 bits per heavy atom. The van der Waals surface area contributed by atoms with Crippen LogP contribution in [0.15, 0.2) is 33.9 Å². The van der Waals surface area contributed by atoms with Crippen LogP contribution in [-0.2, 0) is 9.59 Å². The summed E-state index contributed by atoms with van der Waals surface area (Å²) < 4.78 is 12.5. The van der Waals surface area contributed by atoms with Gasteiger partial charge in [0.15, 0.2) is 11.5 Å². The molecule has 1 aliphatic heterocycles. The van der Waals surface area contributed by atoms with E-state index < -0.39 is 0 Å². The predicted octanol–water partition coefficient (Wildman–Crippen LogP) is 4.17. The molecule has 1 heterocycles. The number of hydrogen-bond donors (Lipinski definition) is 0. The molecule has 0 unspecified atom stereocenters. The Hall–Kier alpha value is -2.15. The first-order chi connectivity index (χ1) is 13.7. The van der Waals surface area contributed by atoms with E-state index in [-0.39, 0.29) is 41.1 Å². The molecule has 29 heavy (non-hydrogen) atoms. The zero-order valence-electron chi connectivity index (χ0n) is 17.0. The summed E-state index contributed by atoms with van der Waals surface area (Å²) in [6.07, 6.45) is 6.58. The van der Waals surface area contributed by atoms with Gasteiger partial charge in [-0.1, -0.05) is 12.2 Å². The Bertz CT molecular complexity index is 888. The van der Waals surface area contributed by atoms with Crippen LogP contribution in [0.1, 0.15) is 39.7 Å². The molecule has 154 valence electrons. The molecule has 0 aromatic heterocycles. The third kappa shape index (κ3) is 3.61. The van der Waals surface area contributed by atoms with Crippen molar-refractivity contribution in [1.82, 2.24) is 5.01 Å². The fourth-order valence-corrected chi connectivity index (χ4v) is 4.87. The summed E-state index contributed by atoms with van der Waals surface area (Å²) in [6.45, 7) is 8.29. The van der Waals surface area contributed by atoms with Crippen molar-refractivity contribution in [3.05, 3.63) is 34.3 Å². The molecule has 2 fully saturated rings. The number of hydrazone groups is 1. The summed E-state index contributed by atoms with van der Waals surface area (Å²) in [5.74, 6) is 0.667. The number of imide groups is 1. The van der Waals surface area contributed by atoms with Crippen molar-refractivity contribution in [1.29, 1.82) is 0 Å². The molecule has 1 aromatic carbocycles. The number of benzene rings is 1. The summed E-state index contributed by atoms with van der Waals surface area (Å²) in [5, 5.41) is 5.31. The van der Waals surface area contributed by atoms with Gasteiger partial charge < -0.3 is 9.47 Å². The first kappa shape index (κ1) is 20.1. The predicted molar refractivity (Wildman–Crippen MR) is 113 cm³/mol. The van der Waals surface area contributed by atoms with Gasteiger partial charge in [0.05, 0.1) is 24.7 Å². The van der Waals surface area contributed by atoms with Crippen LogP contribution in [0.2, 0.25) is 0 Å². The molecule has 4 atom stereocenters. The lowest BCUT2D eigenvalue weighted by atomic mass is 9.85. The average molecular weight is 461 g/mol. The topological polar surface area (TPSA) is 68.2 Å². The van der Waals surface area contributed by atoms with Crippen LogP contribution in [-0.4, -0.2) is 35.2 Å². The first-order valence-corrected chi connectivity index (χ1v) is 10.7. The number of fused-ring (bicyclic) bond motifs is 5. The minimum atomic E-state index is -0.375. The smallest absolute Gasteiger partial charge is 0.254 e. The van der Waals surface area contributed by atoms with Gasteiger partial charge in [-0.3, -0.25) is 9.59 Å². The van der Waals surface area contributed by atoms with Crippen molar-refractivity contribution in [2.45, 2.75) is 39.7 Å². The van der Waals surface area contributed by atoms with Crippen molar-refractivity contribution < 1.29 is 19.1 Å². The van der Waals surface area contributed by atoms with Crippen LogP contribution in [0, 0.1) is 23.7 Å². The second kappa shape index (κ2) is 7.27. The van der Waals surface area contributed by atoms with Gasteiger partial charge in [0.2, 0.25) is 0 Å². The largest absolute Gasteiger partial charge is 0.490 e. The van der Waals surface area contributed by atoms with E-state index in [4.69, 9.17) is 9.47 Å². The monoisotopic (exact) mass is 460 g/mol. The molecule has 2 amide bonds. The van der Waals surface area contributed by atoms with E-state index >= 15 is 0 Å². The number of rotatable bonds is 5. The van der Waals surface area contributed by atoms with Crippen molar-refractivity contribution in [2.75, 3.05) is 6.61 Å². The Morgan fingerprint density at radius 3 is 2.31 bits per heavy atom. The molecule has 1 aromatic rings. The first-order valence-electron chi connectivity index (χ1n) is 9.95. The average Bonchev–Trinajstić information content (AvgIpc) is 3.30. The Morgan fingerprint density at radius 2 is 1.76 bits per heavy atom. The van der Waals surface area contributed by atoms with Crippen LogP contribution < -0.4 is 9.47 Å². The molecule has 3 aliphatic rings. The van der Waals surface area contributed by atoms with Crippen LogP contribution in [0.5, 0.6) is 11.5 Å². The summed E-state index contributed by atoms with van der Waals surface area (Å²) in [4.78, 5) is 25.5. The van der Waals surface area contributed by atoms with E-state index in [1.165, 1.54) is 6.21 Å². The van der Waals surface area contributed by atoms with Crippen LogP contribution >= 0.6 is 15.9 Å². The van der Waals surface area contributed by atoms with Gasteiger partial charge in [0, 0.05) is 10.0 Å². The highest BCUT2D eigenvalue weighted by Gasteiger charge is 2.59. The molecule has 0 spiro atoms. The van der Waals surface area contributed by atoms with Gasteiger partial charge in [-0.15, -0.1) is 0 Å². The van der Waals surface area contributed by atoms with Crippen molar-refractivity contribution in [3.8, 4) is 11.5 Å². The van der Waals surface area contributed by atoms with Gasteiger partial charge in [0.25, 0.3) is 11.8 Å². The number of allylic oxidation sites excluding steroid dienone is 2. The normalized spacial score (nSPS) is 28.0. The van der Waals surface area contributed by atoms with E-state index in [1.807, 2.05) is 33.8 Å². The van der Waals surface area contributed by atoms with E-state index in [1.54, 1.807) is 6.07 Å². The lowest BCUT2D eigenvalue weighted by Gasteiger charge is -2.23. The third-order valence-corrected chi connectivity index (χ3v) is 6.23. The molecular weight excluding hydrogens is 436 g/mol. The lowest BCUT2D eigenvalue weighted by Crippen LogP contribution is -2.28. The number of carbonyl (C=O) groups excluding carboxylic acids is 2. The summed E-state index contributed by atoms with van der Waals surface area (Å²) in [6, 6.07) is 3.62. The highest BCUT2D eigenvalue weighted by molar-refractivity contribution is 9.10. The number of nitrogens with zero attached hydrogens (tertiary/aromatic N) is 2. The zero-order valence-corrected chi connectivity index (χ0v) is 18.6. The molecule has 0 N–H and O–H groups in total. The van der Waals surface area contributed by atoms with Gasteiger partial charge in [0.1, 0.15) is 5.60 Å². The summed E-state index contributed by atoms with van der Waals surface area (Å²) in [7, 11) is 0. The maximum Gasteiger partial charge on any atom is 0.254 e. The number of halogens is 1. The maximum atomic E-state index is 12.8.